The molecular weight excluding hydrogens is 388 g/mol. The van der Waals surface area contributed by atoms with Crippen molar-refractivity contribution >= 4 is 30.9 Å². The van der Waals surface area contributed by atoms with E-state index in [2.05, 4.69) is 51.4 Å². The van der Waals surface area contributed by atoms with Gasteiger partial charge >= 0.3 is 0 Å². The van der Waals surface area contributed by atoms with Crippen molar-refractivity contribution in [3.05, 3.63) is 23.8 Å². The molecule has 0 heterocycles. The summed E-state index contributed by atoms with van der Waals surface area (Å²) in [5.41, 5.74) is 1.23. The zero-order valence-electron chi connectivity index (χ0n) is 18.7. The van der Waals surface area contributed by atoms with E-state index >= 15 is 0 Å². The van der Waals surface area contributed by atoms with E-state index in [1.54, 1.807) is 0 Å². The Kier molecular flexibility index (Phi) is 8.37. The Morgan fingerprint density at radius 3 is 1.85 bits per heavy atom. The van der Waals surface area contributed by atoms with Crippen molar-refractivity contribution in [2.24, 2.45) is 0 Å². The predicted molar refractivity (Wildman–Crippen MR) is 121 cm³/mol. The van der Waals surface area contributed by atoms with Crippen molar-refractivity contribution in [3.8, 4) is 11.5 Å². The van der Waals surface area contributed by atoms with Crippen LogP contribution in [0.2, 0.25) is 58.9 Å². The first-order valence-corrected chi connectivity index (χ1v) is 20.1. The highest BCUT2D eigenvalue weighted by molar-refractivity contribution is 6.71. The Labute approximate surface area is 169 Å². The van der Waals surface area contributed by atoms with Gasteiger partial charge in [-0.05, 0) is 95.9 Å². The normalized spacial score (nSPS) is 12.6. The molecule has 0 saturated heterocycles. The molecule has 0 bridgehead atoms. The van der Waals surface area contributed by atoms with Gasteiger partial charge in [0.1, 0.15) is 11.5 Å². The fourth-order valence-corrected chi connectivity index (χ4v) is 4.96. The second kappa shape index (κ2) is 9.43. The number of benzene rings is 1. The Balaban J connectivity index is 2.70. The van der Waals surface area contributed by atoms with Crippen LogP contribution in [0, 0.1) is 0 Å². The molecule has 0 atom stereocenters. The fourth-order valence-electron chi connectivity index (χ4n) is 2.52. The Morgan fingerprint density at radius 1 is 0.778 bits per heavy atom. The number of carbonyl (C=O) groups excluding carboxylic acids is 1. The van der Waals surface area contributed by atoms with Crippen LogP contribution in [0.1, 0.15) is 24.8 Å². The number of hydrogen-bond acceptors (Lipinski definition) is 4. The van der Waals surface area contributed by atoms with Crippen molar-refractivity contribution in [1.82, 2.24) is 0 Å². The van der Waals surface area contributed by atoms with Gasteiger partial charge in [-0.15, -0.1) is 0 Å². The molecule has 4 nitrogen and oxygen atoms in total. The molecule has 0 N–H and O–H groups in total. The first-order chi connectivity index (χ1) is 12.1. The predicted octanol–water partition coefficient (Wildman–Crippen LogP) is 6.20. The minimum absolute atomic E-state index is 0.0594. The highest BCUT2D eigenvalue weighted by Gasteiger charge is 2.23. The molecule has 0 aromatic heterocycles. The van der Waals surface area contributed by atoms with Crippen LogP contribution in [0.4, 0.5) is 0 Å². The third kappa shape index (κ3) is 11.4. The molecule has 1 rings (SSSR count). The fraction of sp³-hybridized carbons (Fsp3) is 0.650. The second-order valence-electron chi connectivity index (χ2n) is 10.0. The van der Waals surface area contributed by atoms with E-state index in [0.717, 1.165) is 30.8 Å². The lowest BCUT2D eigenvalue weighted by Gasteiger charge is -2.26. The van der Waals surface area contributed by atoms with Crippen LogP contribution in [0.15, 0.2) is 18.2 Å². The summed E-state index contributed by atoms with van der Waals surface area (Å²) in [7, 11) is -5.20. The molecule has 154 valence electrons. The summed E-state index contributed by atoms with van der Waals surface area (Å²) in [5.74, 6) is 1.67. The third-order valence-electron chi connectivity index (χ3n) is 3.36. The lowest BCUT2D eigenvalue weighted by Crippen LogP contribution is -2.32. The van der Waals surface area contributed by atoms with Crippen LogP contribution in [-0.2, 0) is 15.6 Å². The molecule has 0 aliphatic heterocycles. The number of hydrogen-bond donors (Lipinski definition) is 0. The molecule has 7 heteroatoms. The summed E-state index contributed by atoms with van der Waals surface area (Å²) >= 11 is 0. The SMILES string of the molecule is C[Si](C)(C)OC(=O)CCCCc1ccc(O[Si](C)(C)C)c(O[Si](C)(C)C)c1. The monoisotopic (exact) mass is 426 g/mol. The van der Waals surface area contributed by atoms with Crippen molar-refractivity contribution in [1.29, 1.82) is 0 Å². The van der Waals surface area contributed by atoms with Gasteiger partial charge < -0.3 is 13.3 Å². The molecule has 27 heavy (non-hydrogen) atoms. The lowest BCUT2D eigenvalue weighted by molar-refractivity contribution is -0.135. The van der Waals surface area contributed by atoms with Gasteiger partial charge in [0.15, 0.2) is 0 Å². The molecule has 0 radical (unpaired) electrons. The molecule has 0 saturated carbocycles. The van der Waals surface area contributed by atoms with Gasteiger partial charge in [0.05, 0.1) is 0 Å². The molecule has 0 amide bonds. The number of unbranched alkanes of at least 4 members (excludes halogenated alkanes) is 1. The number of aryl methyl sites for hydroxylation is 1. The van der Waals surface area contributed by atoms with Gasteiger partial charge in [-0.25, -0.2) is 0 Å². The van der Waals surface area contributed by atoms with E-state index in [4.69, 9.17) is 13.3 Å². The van der Waals surface area contributed by atoms with E-state index in [-0.39, 0.29) is 5.97 Å². The lowest BCUT2D eigenvalue weighted by atomic mass is 10.1. The minimum atomic E-state index is -1.77. The highest BCUT2D eigenvalue weighted by Crippen LogP contribution is 2.33. The summed E-state index contributed by atoms with van der Waals surface area (Å²) in [6.45, 7) is 19.2. The van der Waals surface area contributed by atoms with Crippen molar-refractivity contribution in [2.75, 3.05) is 0 Å². The smallest absolute Gasteiger partial charge is 0.292 e. The van der Waals surface area contributed by atoms with Crippen molar-refractivity contribution in [3.63, 3.8) is 0 Å². The topological polar surface area (TPSA) is 44.8 Å². The van der Waals surface area contributed by atoms with Gasteiger partial charge in [0, 0.05) is 6.42 Å². The van der Waals surface area contributed by atoms with Gasteiger partial charge in [-0.3, -0.25) is 4.79 Å². The van der Waals surface area contributed by atoms with Crippen LogP contribution >= 0.6 is 0 Å². The molecule has 1 aromatic carbocycles. The average Bonchev–Trinajstić information content (AvgIpc) is 2.41. The van der Waals surface area contributed by atoms with Gasteiger partial charge in [0.25, 0.3) is 5.97 Å². The average molecular weight is 427 g/mol. The minimum Gasteiger partial charge on any atom is -0.542 e. The summed E-state index contributed by atoms with van der Waals surface area (Å²) in [5, 5.41) is 0. The van der Waals surface area contributed by atoms with E-state index in [0.29, 0.717) is 6.42 Å². The van der Waals surface area contributed by atoms with Crippen LogP contribution in [0.25, 0.3) is 0 Å². The molecule has 0 fully saturated rings. The van der Waals surface area contributed by atoms with Gasteiger partial charge in [-0.2, -0.15) is 0 Å². The molecule has 1 aromatic rings. The maximum atomic E-state index is 11.8. The highest BCUT2D eigenvalue weighted by atomic mass is 28.4. The number of carbonyl (C=O) groups is 1. The third-order valence-corrected chi connectivity index (χ3v) is 5.86. The first-order valence-electron chi connectivity index (χ1n) is 9.87. The summed E-state index contributed by atoms with van der Waals surface area (Å²) in [6.07, 6.45) is 3.23. The van der Waals surface area contributed by atoms with E-state index in [1.807, 2.05) is 25.7 Å². The Bertz CT molecular complexity index is 626. The maximum Gasteiger partial charge on any atom is 0.292 e. The van der Waals surface area contributed by atoms with Crippen LogP contribution in [0.5, 0.6) is 11.5 Å². The Morgan fingerprint density at radius 2 is 1.33 bits per heavy atom. The molecule has 0 aliphatic rings. The van der Waals surface area contributed by atoms with Crippen LogP contribution in [0.3, 0.4) is 0 Å². The van der Waals surface area contributed by atoms with Crippen molar-refractivity contribution < 1.29 is 18.1 Å². The molecule has 0 unspecified atom stereocenters. The Hall–Kier alpha value is -1.06. The van der Waals surface area contributed by atoms with Gasteiger partial charge in [0.2, 0.25) is 25.0 Å². The quantitative estimate of drug-likeness (QED) is 0.330. The standard InChI is InChI=1S/C20H38O4Si3/c1-25(2,3)22-18-15-14-17(16-19(18)23-26(4,5)6)12-10-11-13-20(21)24-27(7,8)9/h14-16H,10-13H2,1-9H3. The van der Waals surface area contributed by atoms with Crippen LogP contribution in [-0.4, -0.2) is 30.9 Å². The maximum absolute atomic E-state index is 11.8. The molecule has 0 aliphatic carbocycles. The molecular formula is C20H38O4Si3. The van der Waals surface area contributed by atoms with Gasteiger partial charge in [-0.1, -0.05) is 6.07 Å². The number of rotatable bonds is 10. The largest absolute Gasteiger partial charge is 0.542 e. The summed E-state index contributed by atoms with van der Waals surface area (Å²) in [4.78, 5) is 11.8. The second-order valence-corrected chi connectivity index (χ2v) is 23.3. The zero-order chi connectivity index (χ0) is 20.9. The molecule has 0 spiro atoms. The van der Waals surface area contributed by atoms with E-state index < -0.39 is 25.0 Å². The van der Waals surface area contributed by atoms with Crippen LogP contribution < -0.4 is 8.85 Å². The van der Waals surface area contributed by atoms with E-state index in [9.17, 15) is 4.79 Å². The summed E-state index contributed by atoms with van der Waals surface area (Å²) in [6, 6.07) is 6.28. The summed E-state index contributed by atoms with van der Waals surface area (Å²) < 4.78 is 18.0. The first kappa shape index (κ1) is 24.0. The van der Waals surface area contributed by atoms with E-state index in [1.165, 1.54) is 5.56 Å². The zero-order valence-corrected chi connectivity index (χ0v) is 21.7. The van der Waals surface area contributed by atoms with Crippen molar-refractivity contribution in [2.45, 2.75) is 84.6 Å².